The van der Waals surface area contributed by atoms with Crippen molar-refractivity contribution in [2.75, 3.05) is 31.8 Å². The predicted octanol–water partition coefficient (Wildman–Crippen LogP) is 2.17. The molecule has 0 radical (unpaired) electrons. The molecule has 2 amide bonds. The van der Waals surface area contributed by atoms with Gasteiger partial charge in [-0.25, -0.2) is 8.42 Å². The first-order chi connectivity index (χ1) is 14.8. The third-order valence-electron chi connectivity index (χ3n) is 5.19. The first-order valence-electron chi connectivity index (χ1n) is 10.0. The minimum Gasteiger partial charge on any atom is -0.376 e. The maximum absolute atomic E-state index is 13.2. The quantitative estimate of drug-likeness (QED) is 0.648. The molecule has 166 valence electrons. The van der Waals surface area contributed by atoms with Gasteiger partial charge in [0.2, 0.25) is 15.9 Å². The summed E-state index contributed by atoms with van der Waals surface area (Å²) in [4.78, 5) is 25.9. The van der Waals surface area contributed by atoms with Gasteiger partial charge in [0.15, 0.2) is 0 Å². The minimum absolute atomic E-state index is 0.00317. The van der Waals surface area contributed by atoms with Crippen molar-refractivity contribution in [2.45, 2.75) is 25.0 Å². The number of nitrogens with one attached hydrogen (secondary N) is 2. The topological polar surface area (TPSA) is 105 Å². The van der Waals surface area contributed by atoms with Crippen LogP contribution in [0.4, 0.5) is 5.69 Å². The number of anilines is 1. The molecule has 0 aromatic heterocycles. The number of hydrogen-bond acceptors (Lipinski definition) is 5. The van der Waals surface area contributed by atoms with Crippen molar-refractivity contribution in [3.05, 3.63) is 65.7 Å². The molecule has 0 unspecified atom stereocenters. The fourth-order valence-electron chi connectivity index (χ4n) is 3.45. The molecule has 2 atom stereocenters. The lowest BCUT2D eigenvalue weighted by atomic mass is 10.1. The Morgan fingerprint density at radius 1 is 1.13 bits per heavy atom. The highest BCUT2D eigenvalue weighted by Crippen LogP contribution is 2.25. The van der Waals surface area contributed by atoms with Crippen LogP contribution in [0.2, 0.25) is 0 Å². The molecule has 0 spiro atoms. The number of para-hydroxylation sites is 1. The Morgan fingerprint density at radius 3 is 2.45 bits per heavy atom. The number of likely N-dealkylation sites (N-methyl/N-ethyl adjacent to an activating group) is 1. The van der Waals surface area contributed by atoms with Crippen LogP contribution in [0.25, 0.3) is 0 Å². The number of rotatable bonds is 8. The summed E-state index contributed by atoms with van der Waals surface area (Å²) >= 11 is 0. The van der Waals surface area contributed by atoms with Gasteiger partial charge in [0.25, 0.3) is 5.91 Å². The molecule has 2 aromatic rings. The van der Waals surface area contributed by atoms with E-state index >= 15 is 0 Å². The number of hydrogen-bond donors (Lipinski definition) is 2. The monoisotopic (exact) mass is 445 g/mol. The number of nitrogens with zero attached hydrogens (tertiary/aromatic N) is 1. The number of carbonyl (C=O) groups is 2. The van der Waals surface area contributed by atoms with Gasteiger partial charge in [-0.1, -0.05) is 42.5 Å². The molecule has 3 rings (SSSR count). The molecule has 9 heteroatoms. The first kappa shape index (κ1) is 22.9. The smallest absolute Gasteiger partial charge is 0.253 e. The number of carbonyl (C=O) groups excluding carboxylic acids is 2. The van der Waals surface area contributed by atoms with Crippen LogP contribution in [0, 0.1) is 0 Å². The van der Waals surface area contributed by atoms with Gasteiger partial charge in [-0.05, 0) is 30.5 Å². The van der Waals surface area contributed by atoms with Crippen LogP contribution in [-0.2, 0) is 19.6 Å². The third kappa shape index (κ3) is 5.90. The van der Waals surface area contributed by atoms with E-state index in [0.29, 0.717) is 30.0 Å². The summed E-state index contributed by atoms with van der Waals surface area (Å²) in [5.41, 5.74) is 1.12. The normalized spacial score (nSPS) is 17.3. The molecule has 2 aromatic carbocycles. The predicted molar refractivity (Wildman–Crippen MR) is 118 cm³/mol. The highest BCUT2D eigenvalue weighted by Gasteiger charge is 2.31. The second-order valence-corrected chi connectivity index (χ2v) is 9.51. The molecule has 2 N–H and O–H groups in total. The van der Waals surface area contributed by atoms with E-state index in [1.165, 1.54) is 7.05 Å². The lowest BCUT2D eigenvalue weighted by Gasteiger charge is -2.26. The van der Waals surface area contributed by atoms with Crippen molar-refractivity contribution in [3.63, 3.8) is 0 Å². The summed E-state index contributed by atoms with van der Waals surface area (Å²) in [5, 5.41) is 5.57. The van der Waals surface area contributed by atoms with Crippen LogP contribution in [0.5, 0.6) is 0 Å². The van der Waals surface area contributed by atoms with Crippen LogP contribution in [0.15, 0.2) is 54.6 Å². The largest absolute Gasteiger partial charge is 0.376 e. The fraction of sp³-hybridized carbons (Fsp3) is 0.364. The molecular weight excluding hydrogens is 418 g/mol. The van der Waals surface area contributed by atoms with Crippen LogP contribution in [0.1, 0.15) is 34.8 Å². The van der Waals surface area contributed by atoms with Gasteiger partial charge in [0.05, 0.1) is 23.6 Å². The number of benzene rings is 2. The molecule has 1 aliphatic heterocycles. The minimum atomic E-state index is -3.65. The Kier molecular flexibility index (Phi) is 7.42. The Bertz CT molecular complexity index is 1020. The van der Waals surface area contributed by atoms with Crippen LogP contribution in [0.3, 0.4) is 0 Å². The number of sulfonamides is 1. The summed E-state index contributed by atoms with van der Waals surface area (Å²) in [6, 6.07) is 14.2. The average molecular weight is 446 g/mol. The van der Waals surface area contributed by atoms with Crippen molar-refractivity contribution in [1.82, 2.24) is 9.62 Å². The Balaban J connectivity index is 1.81. The fourth-order valence-corrected chi connectivity index (χ4v) is 4.05. The van der Waals surface area contributed by atoms with Gasteiger partial charge in [0, 0.05) is 20.2 Å². The van der Waals surface area contributed by atoms with Crippen molar-refractivity contribution < 1.29 is 22.7 Å². The van der Waals surface area contributed by atoms with Crippen molar-refractivity contribution in [3.8, 4) is 0 Å². The average Bonchev–Trinajstić information content (AvgIpc) is 3.26. The molecule has 1 fully saturated rings. The summed E-state index contributed by atoms with van der Waals surface area (Å²) in [7, 11) is -2.30. The van der Waals surface area contributed by atoms with E-state index in [9.17, 15) is 18.0 Å². The van der Waals surface area contributed by atoms with Crippen molar-refractivity contribution in [1.29, 1.82) is 0 Å². The second kappa shape index (κ2) is 10.0. The number of amides is 2. The molecule has 0 aliphatic carbocycles. The zero-order valence-electron chi connectivity index (χ0n) is 17.6. The summed E-state index contributed by atoms with van der Waals surface area (Å²) in [5.74, 6) is -0.891. The van der Waals surface area contributed by atoms with Gasteiger partial charge in [-0.2, -0.15) is 4.31 Å². The molecule has 1 heterocycles. The molecule has 1 aliphatic rings. The van der Waals surface area contributed by atoms with E-state index in [2.05, 4.69) is 10.6 Å². The van der Waals surface area contributed by atoms with Crippen LogP contribution >= 0.6 is 0 Å². The Morgan fingerprint density at radius 2 is 1.81 bits per heavy atom. The molecule has 31 heavy (non-hydrogen) atoms. The van der Waals surface area contributed by atoms with E-state index in [-0.39, 0.29) is 12.0 Å². The zero-order chi connectivity index (χ0) is 22.4. The second-order valence-electron chi connectivity index (χ2n) is 7.47. The molecule has 8 nitrogen and oxygen atoms in total. The third-order valence-corrected chi connectivity index (χ3v) is 6.45. The maximum atomic E-state index is 13.2. The van der Waals surface area contributed by atoms with Crippen LogP contribution in [-0.4, -0.2) is 57.1 Å². The lowest BCUT2D eigenvalue weighted by Crippen LogP contribution is -2.38. The van der Waals surface area contributed by atoms with E-state index in [1.54, 1.807) is 54.6 Å². The van der Waals surface area contributed by atoms with E-state index < -0.39 is 22.0 Å². The summed E-state index contributed by atoms with van der Waals surface area (Å²) < 4.78 is 30.9. The van der Waals surface area contributed by atoms with Crippen molar-refractivity contribution in [2.24, 2.45) is 0 Å². The maximum Gasteiger partial charge on any atom is 0.253 e. The highest BCUT2D eigenvalue weighted by molar-refractivity contribution is 7.88. The molecular formula is C22H27N3O5S. The summed E-state index contributed by atoms with van der Waals surface area (Å²) in [6.07, 6.45) is 2.91. The standard InChI is InChI=1S/C22H27N3O5S/c1-25(31(2,28)29)20(16-9-4-3-5-10-16)22(27)24-19-13-7-6-12-18(19)21(26)23-15-17-11-8-14-30-17/h3-7,9-10,12-13,17,20H,8,11,14-15H2,1-2H3,(H,23,26)(H,24,27)/t17-,20-/m0/s1. The lowest BCUT2D eigenvalue weighted by molar-refractivity contribution is -0.119. The van der Waals surface area contributed by atoms with Crippen LogP contribution < -0.4 is 10.6 Å². The SMILES string of the molecule is CN([C@H](C(=O)Nc1ccccc1C(=O)NC[C@@H]1CCCO1)c1ccccc1)S(C)(=O)=O. The van der Waals surface area contributed by atoms with E-state index in [1.807, 2.05) is 0 Å². The Labute approximate surface area is 182 Å². The van der Waals surface area contributed by atoms with Gasteiger partial charge in [0.1, 0.15) is 6.04 Å². The van der Waals surface area contributed by atoms with Gasteiger partial charge < -0.3 is 15.4 Å². The Hall–Kier alpha value is -2.75. The van der Waals surface area contributed by atoms with Crippen molar-refractivity contribution >= 4 is 27.5 Å². The van der Waals surface area contributed by atoms with E-state index in [0.717, 1.165) is 23.4 Å². The van der Waals surface area contributed by atoms with E-state index in [4.69, 9.17) is 4.74 Å². The zero-order valence-corrected chi connectivity index (χ0v) is 18.4. The van der Waals surface area contributed by atoms with Gasteiger partial charge in [-0.3, -0.25) is 9.59 Å². The summed E-state index contributed by atoms with van der Waals surface area (Å²) in [6.45, 7) is 1.09. The van der Waals surface area contributed by atoms with Gasteiger partial charge >= 0.3 is 0 Å². The molecule has 0 saturated carbocycles. The number of ether oxygens (including phenoxy) is 1. The van der Waals surface area contributed by atoms with Gasteiger partial charge in [-0.15, -0.1) is 0 Å². The molecule has 1 saturated heterocycles. The molecule has 0 bridgehead atoms. The highest BCUT2D eigenvalue weighted by atomic mass is 32.2. The first-order valence-corrected chi connectivity index (χ1v) is 11.9.